The molecule has 0 heterocycles. The van der Waals surface area contributed by atoms with E-state index in [9.17, 15) is 14.5 Å². The van der Waals surface area contributed by atoms with Gasteiger partial charge in [-0.2, -0.15) is 4.39 Å². The molecule has 0 radical (unpaired) electrons. The number of nitro groups is 1. The number of nitro benzene ring substituents is 1. The molecule has 0 fully saturated rings. The van der Waals surface area contributed by atoms with E-state index < -0.39 is 22.0 Å². The highest BCUT2D eigenvalue weighted by molar-refractivity contribution is 5.35. The van der Waals surface area contributed by atoms with Crippen molar-refractivity contribution in [1.82, 2.24) is 0 Å². The van der Waals surface area contributed by atoms with Crippen LogP contribution in [0, 0.1) is 15.9 Å². The van der Waals surface area contributed by atoms with Crippen LogP contribution in [0.2, 0.25) is 0 Å². The molecule has 0 amide bonds. The van der Waals surface area contributed by atoms with Crippen LogP contribution in [0.15, 0.2) is 18.2 Å². The number of aliphatic hydroxyl groups excluding tert-OH is 1. The van der Waals surface area contributed by atoms with Gasteiger partial charge in [0.2, 0.25) is 5.82 Å². The van der Waals surface area contributed by atoms with Crippen LogP contribution >= 0.6 is 0 Å². The molecule has 0 aliphatic carbocycles. The zero-order valence-corrected chi connectivity index (χ0v) is 8.81. The van der Waals surface area contributed by atoms with Crippen LogP contribution in [-0.2, 0) is 6.42 Å². The fraction of sp³-hybridized carbons (Fsp3) is 0.400. The van der Waals surface area contributed by atoms with Gasteiger partial charge in [-0.25, -0.2) is 0 Å². The van der Waals surface area contributed by atoms with Gasteiger partial charge >= 0.3 is 5.69 Å². The van der Waals surface area contributed by atoms with Gasteiger partial charge < -0.3 is 10.8 Å². The summed E-state index contributed by atoms with van der Waals surface area (Å²) in [5.41, 5.74) is 4.78. The highest BCUT2D eigenvalue weighted by Gasteiger charge is 2.20. The fourth-order valence-corrected chi connectivity index (χ4v) is 1.33. The van der Waals surface area contributed by atoms with Gasteiger partial charge in [-0.3, -0.25) is 10.1 Å². The third-order valence-corrected chi connectivity index (χ3v) is 2.18. The van der Waals surface area contributed by atoms with Crippen LogP contribution in [0.1, 0.15) is 12.5 Å². The number of nitrogens with zero attached hydrogens (tertiary/aromatic N) is 1. The second kappa shape index (κ2) is 4.54. The summed E-state index contributed by atoms with van der Waals surface area (Å²) >= 11 is 0. The Kier molecular flexibility index (Phi) is 3.56. The normalized spacial score (nSPS) is 14.5. The van der Waals surface area contributed by atoms with Crippen LogP contribution in [0.25, 0.3) is 0 Å². The van der Waals surface area contributed by atoms with E-state index in [2.05, 4.69) is 0 Å². The molecule has 3 N–H and O–H groups in total. The Balaban J connectivity index is 2.94. The van der Waals surface area contributed by atoms with Crippen molar-refractivity contribution in [2.45, 2.75) is 18.9 Å². The van der Waals surface area contributed by atoms with E-state index in [1.807, 2.05) is 0 Å². The summed E-state index contributed by atoms with van der Waals surface area (Å²) in [4.78, 5) is 9.59. The van der Waals surface area contributed by atoms with Crippen LogP contribution in [0.3, 0.4) is 0 Å². The molecule has 1 aromatic carbocycles. The molecular weight excluding hydrogens is 215 g/mol. The van der Waals surface area contributed by atoms with Crippen molar-refractivity contribution >= 4 is 5.69 Å². The van der Waals surface area contributed by atoms with Crippen LogP contribution in [0.4, 0.5) is 10.1 Å². The van der Waals surface area contributed by atoms with Crippen molar-refractivity contribution in [3.05, 3.63) is 39.7 Å². The second-order valence-electron chi connectivity index (χ2n) is 4.03. The minimum Gasteiger partial charge on any atom is -0.394 e. The van der Waals surface area contributed by atoms with Crippen molar-refractivity contribution in [2.24, 2.45) is 5.73 Å². The summed E-state index contributed by atoms with van der Waals surface area (Å²) in [6.07, 6.45) is 0.248. The van der Waals surface area contributed by atoms with Gasteiger partial charge in [0.05, 0.1) is 11.5 Å². The van der Waals surface area contributed by atoms with Gasteiger partial charge in [-0.1, -0.05) is 6.07 Å². The van der Waals surface area contributed by atoms with E-state index in [0.717, 1.165) is 12.1 Å². The first-order chi connectivity index (χ1) is 7.35. The molecule has 6 heteroatoms. The summed E-state index contributed by atoms with van der Waals surface area (Å²) < 4.78 is 13.2. The van der Waals surface area contributed by atoms with Crippen LogP contribution < -0.4 is 5.73 Å². The van der Waals surface area contributed by atoms with Gasteiger partial charge in [0.1, 0.15) is 0 Å². The maximum Gasteiger partial charge on any atom is 0.304 e. The molecule has 0 aliphatic rings. The van der Waals surface area contributed by atoms with Crippen molar-refractivity contribution in [3.63, 3.8) is 0 Å². The molecule has 1 atom stereocenters. The summed E-state index contributed by atoms with van der Waals surface area (Å²) in [5, 5.41) is 19.3. The molecule has 88 valence electrons. The topological polar surface area (TPSA) is 89.4 Å². The van der Waals surface area contributed by atoms with E-state index in [4.69, 9.17) is 10.8 Å². The lowest BCUT2D eigenvalue weighted by atomic mass is 9.95. The van der Waals surface area contributed by atoms with E-state index >= 15 is 0 Å². The summed E-state index contributed by atoms with van der Waals surface area (Å²) in [6, 6.07) is 3.60. The number of aliphatic hydroxyl groups is 1. The van der Waals surface area contributed by atoms with E-state index in [1.165, 1.54) is 6.07 Å². The van der Waals surface area contributed by atoms with Gasteiger partial charge in [-0.05, 0) is 25.0 Å². The van der Waals surface area contributed by atoms with Crippen molar-refractivity contribution in [1.29, 1.82) is 0 Å². The Labute approximate surface area is 91.8 Å². The number of nitrogens with two attached hydrogens (primary N) is 1. The lowest BCUT2D eigenvalue weighted by molar-refractivity contribution is -0.387. The first kappa shape index (κ1) is 12.5. The van der Waals surface area contributed by atoms with Crippen LogP contribution in [0.5, 0.6) is 0 Å². The molecule has 0 saturated heterocycles. The standard InChI is InChI=1S/C10H13FN2O3/c1-10(12,6-14)5-7-2-3-9(13(15)16)8(11)4-7/h2-4,14H,5-6,12H2,1H3. The molecule has 0 spiro atoms. The monoisotopic (exact) mass is 228 g/mol. The van der Waals surface area contributed by atoms with Gasteiger partial charge in [0.25, 0.3) is 0 Å². The SMILES string of the molecule is CC(N)(CO)Cc1ccc([N+](=O)[O-])c(F)c1. The molecule has 0 bridgehead atoms. The predicted molar refractivity (Wildman–Crippen MR) is 56.4 cm³/mol. The maximum absolute atomic E-state index is 13.2. The fourth-order valence-electron chi connectivity index (χ4n) is 1.33. The van der Waals surface area contributed by atoms with Gasteiger partial charge in [0, 0.05) is 11.6 Å². The Morgan fingerprint density at radius 3 is 2.69 bits per heavy atom. The van der Waals surface area contributed by atoms with Crippen molar-refractivity contribution in [3.8, 4) is 0 Å². The molecule has 5 nitrogen and oxygen atoms in total. The third-order valence-electron chi connectivity index (χ3n) is 2.18. The molecule has 1 rings (SSSR count). The summed E-state index contributed by atoms with van der Waals surface area (Å²) in [6.45, 7) is 1.37. The second-order valence-corrected chi connectivity index (χ2v) is 4.03. The first-order valence-electron chi connectivity index (χ1n) is 4.68. The van der Waals surface area contributed by atoms with E-state index in [-0.39, 0.29) is 13.0 Å². The Hall–Kier alpha value is -1.53. The summed E-state index contributed by atoms with van der Waals surface area (Å²) in [5.74, 6) is -0.892. The Morgan fingerprint density at radius 2 is 2.25 bits per heavy atom. The van der Waals surface area contributed by atoms with Crippen LogP contribution in [-0.4, -0.2) is 22.2 Å². The molecule has 1 unspecified atom stereocenters. The quantitative estimate of drug-likeness (QED) is 0.594. The summed E-state index contributed by atoms with van der Waals surface area (Å²) in [7, 11) is 0. The van der Waals surface area contributed by atoms with Gasteiger partial charge in [-0.15, -0.1) is 0 Å². The zero-order valence-electron chi connectivity index (χ0n) is 8.81. The average molecular weight is 228 g/mol. The minimum absolute atomic E-state index is 0.244. The molecule has 0 aliphatic heterocycles. The van der Waals surface area contributed by atoms with Crippen molar-refractivity contribution in [2.75, 3.05) is 6.61 Å². The van der Waals surface area contributed by atoms with E-state index in [0.29, 0.717) is 5.56 Å². The number of hydrogen-bond donors (Lipinski definition) is 2. The lowest BCUT2D eigenvalue weighted by Gasteiger charge is -2.21. The zero-order chi connectivity index (χ0) is 12.3. The Morgan fingerprint density at radius 1 is 1.62 bits per heavy atom. The number of rotatable bonds is 4. The third kappa shape index (κ3) is 2.98. The average Bonchev–Trinajstić information content (AvgIpc) is 2.16. The van der Waals surface area contributed by atoms with Crippen molar-refractivity contribution < 1.29 is 14.4 Å². The molecule has 0 saturated carbocycles. The highest BCUT2D eigenvalue weighted by Crippen LogP contribution is 2.20. The maximum atomic E-state index is 13.2. The van der Waals surface area contributed by atoms with Gasteiger partial charge in [0.15, 0.2) is 0 Å². The lowest BCUT2D eigenvalue weighted by Crippen LogP contribution is -2.42. The van der Waals surface area contributed by atoms with E-state index in [1.54, 1.807) is 6.92 Å². The smallest absolute Gasteiger partial charge is 0.304 e. The predicted octanol–water partition coefficient (Wildman–Crippen LogP) is 0.986. The minimum atomic E-state index is -0.892. The number of hydrogen-bond acceptors (Lipinski definition) is 4. The number of benzene rings is 1. The largest absolute Gasteiger partial charge is 0.394 e. The Bertz CT molecular complexity index is 407. The molecule has 16 heavy (non-hydrogen) atoms. The highest BCUT2D eigenvalue weighted by atomic mass is 19.1. The molecule has 1 aromatic rings. The first-order valence-corrected chi connectivity index (χ1v) is 4.68. The molecular formula is C10H13FN2O3. The number of halogens is 1. The molecule has 0 aromatic heterocycles.